The molecule has 0 rings (SSSR count). The molecular weight excluding hydrogens is 372 g/mol. The Morgan fingerprint density at radius 1 is 0.290 bits per heavy atom. The van der Waals surface area contributed by atoms with Crippen molar-refractivity contribution in [3.8, 4) is 0 Å². The van der Waals surface area contributed by atoms with Gasteiger partial charge in [0, 0.05) is 0 Å². The third kappa shape index (κ3) is 23.0. The fourth-order valence-corrected chi connectivity index (χ4v) is 5.36. The lowest BCUT2D eigenvalue weighted by atomic mass is 9.82. The number of hydrogen-bond acceptors (Lipinski definition) is 0. The maximum atomic E-state index is 2.38. The Bertz CT molecular complexity index is 291. The van der Waals surface area contributed by atoms with Crippen LogP contribution in [-0.4, -0.2) is 0 Å². The Morgan fingerprint density at radius 2 is 0.548 bits per heavy atom. The highest BCUT2D eigenvalue weighted by Crippen LogP contribution is 2.30. The minimum atomic E-state index is 1.02. The standard InChI is InChI=1S/C31H64/c1-5-9-13-16-19-22-26-30(25-12-8-4)29-31(27-23-20-17-14-10-6-2)28-24-21-18-15-11-7-3/h30-31H,5-29H2,1-4H3. The van der Waals surface area contributed by atoms with E-state index in [1.54, 1.807) is 6.42 Å². The average molecular weight is 437 g/mol. The average Bonchev–Trinajstić information content (AvgIpc) is 2.78. The van der Waals surface area contributed by atoms with Crippen LogP contribution in [0.25, 0.3) is 0 Å². The van der Waals surface area contributed by atoms with Gasteiger partial charge in [-0.25, -0.2) is 0 Å². The smallest absolute Gasteiger partial charge is 0.0412 e. The van der Waals surface area contributed by atoms with Crippen molar-refractivity contribution in [2.75, 3.05) is 0 Å². The molecule has 0 aliphatic heterocycles. The van der Waals surface area contributed by atoms with E-state index < -0.39 is 0 Å². The van der Waals surface area contributed by atoms with Crippen molar-refractivity contribution in [1.29, 1.82) is 0 Å². The molecule has 0 saturated heterocycles. The second-order valence-electron chi connectivity index (χ2n) is 10.8. The molecule has 31 heavy (non-hydrogen) atoms. The summed E-state index contributed by atoms with van der Waals surface area (Å²) in [6.07, 6.45) is 36.7. The fourth-order valence-electron chi connectivity index (χ4n) is 5.36. The zero-order chi connectivity index (χ0) is 22.8. The van der Waals surface area contributed by atoms with Gasteiger partial charge in [-0.1, -0.05) is 182 Å². The monoisotopic (exact) mass is 437 g/mol. The molecule has 0 amide bonds. The Balaban J connectivity index is 4.38. The predicted molar refractivity (Wildman–Crippen MR) is 145 cm³/mol. The van der Waals surface area contributed by atoms with Gasteiger partial charge >= 0.3 is 0 Å². The maximum Gasteiger partial charge on any atom is -0.0412 e. The summed E-state index contributed by atoms with van der Waals surface area (Å²) in [6.45, 7) is 9.37. The molecule has 0 aromatic carbocycles. The third-order valence-corrected chi connectivity index (χ3v) is 7.53. The highest BCUT2D eigenvalue weighted by Gasteiger charge is 2.16. The molecular formula is C31H64. The first-order chi connectivity index (χ1) is 15.3. The van der Waals surface area contributed by atoms with Crippen molar-refractivity contribution in [2.24, 2.45) is 11.8 Å². The summed E-state index contributed by atoms with van der Waals surface area (Å²) in [5.41, 5.74) is 0. The lowest BCUT2D eigenvalue weighted by Crippen LogP contribution is -2.10. The van der Waals surface area contributed by atoms with Gasteiger partial charge in [0.2, 0.25) is 0 Å². The zero-order valence-corrected chi connectivity index (χ0v) is 22.8. The summed E-state index contributed by atoms with van der Waals surface area (Å²) in [7, 11) is 0. The van der Waals surface area contributed by atoms with Crippen LogP contribution in [0.2, 0.25) is 0 Å². The largest absolute Gasteiger partial charge is 0.0654 e. The van der Waals surface area contributed by atoms with Crippen molar-refractivity contribution >= 4 is 0 Å². The Morgan fingerprint density at radius 3 is 0.871 bits per heavy atom. The van der Waals surface area contributed by atoms with Crippen LogP contribution in [0, 0.1) is 11.8 Å². The minimum Gasteiger partial charge on any atom is -0.0654 e. The van der Waals surface area contributed by atoms with E-state index in [0.717, 1.165) is 11.8 Å². The molecule has 188 valence electrons. The van der Waals surface area contributed by atoms with Gasteiger partial charge in [-0.2, -0.15) is 0 Å². The van der Waals surface area contributed by atoms with Crippen molar-refractivity contribution in [3.63, 3.8) is 0 Å². The SMILES string of the molecule is CCCCCCCCC(CCCC)CC(CCCCCCCC)CCCCCCCC. The van der Waals surface area contributed by atoms with E-state index in [0.29, 0.717) is 0 Å². The number of unbranched alkanes of at least 4 members (excludes halogenated alkanes) is 16. The van der Waals surface area contributed by atoms with E-state index in [9.17, 15) is 0 Å². The van der Waals surface area contributed by atoms with Gasteiger partial charge in [0.15, 0.2) is 0 Å². The van der Waals surface area contributed by atoms with Crippen LogP contribution >= 0.6 is 0 Å². The van der Waals surface area contributed by atoms with E-state index in [2.05, 4.69) is 27.7 Å². The van der Waals surface area contributed by atoms with E-state index in [4.69, 9.17) is 0 Å². The molecule has 0 N–H and O–H groups in total. The summed E-state index contributed by atoms with van der Waals surface area (Å²) < 4.78 is 0. The maximum absolute atomic E-state index is 2.38. The molecule has 0 saturated carbocycles. The molecule has 1 atom stereocenters. The summed E-state index contributed by atoms with van der Waals surface area (Å²) in [6, 6.07) is 0. The van der Waals surface area contributed by atoms with Gasteiger partial charge in [0.05, 0.1) is 0 Å². The first-order valence-corrected chi connectivity index (χ1v) is 15.3. The molecule has 0 heterocycles. The number of rotatable bonds is 26. The van der Waals surface area contributed by atoms with Gasteiger partial charge in [-0.15, -0.1) is 0 Å². The molecule has 0 heteroatoms. The minimum absolute atomic E-state index is 1.02. The molecule has 0 radical (unpaired) electrons. The van der Waals surface area contributed by atoms with Gasteiger partial charge in [0.1, 0.15) is 0 Å². The Labute approximate surface area is 200 Å². The van der Waals surface area contributed by atoms with Crippen molar-refractivity contribution in [1.82, 2.24) is 0 Å². The van der Waals surface area contributed by atoms with Gasteiger partial charge in [-0.05, 0) is 18.3 Å². The third-order valence-electron chi connectivity index (χ3n) is 7.53. The summed E-state index contributed by atoms with van der Waals surface area (Å²) in [5.74, 6) is 2.05. The predicted octanol–water partition coefficient (Wildman–Crippen LogP) is 12.1. The first kappa shape index (κ1) is 31.0. The molecule has 0 aliphatic carbocycles. The summed E-state index contributed by atoms with van der Waals surface area (Å²) in [4.78, 5) is 0. The van der Waals surface area contributed by atoms with E-state index in [1.807, 2.05) is 0 Å². The molecule has 0 aliphatic rings. The van der Waals surface area contributed by atoms with Gasteiger partial charge in [-0.3, -0.25) is 0 Å². The zero-order valence-electron chi connectivity index (χ0n) is 22.8. The molecule has 0 aromatic heterocycles. The fraction of sp³-hybridized carbons (Fsp3) is 1.00. The second kappa shape index (κ2) is 26.3. The lowest BCUT2D eigenvalue weighted by Gasteiger charge is -2.24. The Kier molecular flexibility index (Phi) is 26.3. The van der Waals surface area contributed by atoms with E-state index >= 15 is 0 Å². The highest BCUT2D eigenvalue weighted by molar-refractivity contribution is 4.69. The topological polar surface area (TPSA) is 0 Å². The molecule has 0 fully saturated rings. The van der Waals surface area contributed by atoms with E-state index in [-0.39, 0.29) is 0 Å². The molecule has 0 aromatic rings. The Hall–Kier alpha value is 0. The molecule has 0 spiro atoms. The highest BCUT2D eigenvalue weighted by atomic mass is 14.2. The summed E-state index contributed by atoms with van der Waals surface area (Å²) >= 11 is 0. The van der Waals surface area contributed by atoms with Crippen molar-refractivity contribution in [3.05, 3.63) is 0 Å². The molecule has 0 nitrogen and oxygen atoms in total. The van der Waals surface area contributed by atoms with Crippen LogP contribution in [0.5, 0.6) is 0 Å². The van der Waals surface area contributed by atoms with Crippen LogP contribution < -0.4 is 0 Å². The quantitative estimate of drug-likeness (QED) is 0.118. The normalized spacial score (nSPS) is 12.7. The van der Waals surface area contributed by atoms with Crippen molar-refractivity contribution < 1.29 is 0 Å². The number of hydrogen-bond donors (Lipinski definition) is 0. The van der Waals surface area contributed by atoms with Crippen LogP contribution in [0.4, 0.5) is 0 Å². The van der Waals surface area contributed by atoms with Crippen LogP contribution in [0.1, 0.15) is 188 Å². The molecule has 0 bridgehead atoms. The van der Waals surface area contributed by atoms with Gasteiger partial charge in [0.25, 0.3) is 0 Å². The van der Waals surface area contributed by atoms with Crippen LogP contribution in [-0.2, 0) is 0 Å². The van der Waals surface area contributed by atoms with Gasteiger partial charge < -0.3 is 0 Å². The first-order valence-electron chi connectivity index (χ1n) is 15.3. The lowest BCUT2D eigenvalue weighted by molar-refractivity contribution is 0.283. The van der Waals surface area contributed by atoms with Crippen LogP contribution in [0.15, 0.2) is 0 Å². The van der Waals surface area contributed by atoms with E-state index in [1.165, 1.54) is 154 Å². The molecule has 1 unspecified atom stereocenters. The van der Waals surface area contributed by atoms with Crippen molar-refractivity contribution in [2.45, 2.75) is 188 Å². The summed E-state index contributed by atoms with van der Waals surface area (Å²) in [5, 5.41) is 0. The van der Waals surface area contributed by atoms with Crippen LogP contribution in [0.3, 0.4) is 0 Å². The second-order valence-corrected chi connectivity index (χ2v) is 10.8.